The van der Waals surface area contributed by atoms with Crippen LogP contribution in [0, 0.1) is 11.8 Å². The number of ether oxygens (including phenoxy) is 4. The van der Waals surface area contributed by atoms with Crippen molar-refractivity contribution in [2.75, 3.05) is 86.1 Å². The Morgan fingerprint density at radius 1 is 0.479 bits per heavy atom. The summed E-state index contributed by atoms with van der Waals surface area (Å²) >= 11 is 0. The second-order valence-electron chi connectivity index (χ2n) is 19.1. The molecule has 10 N–H and O–H groups in total. The van der Waals surface area contributed by atoms with E-state index >= 15 is 0 Å². The van der Waals surface area contributed by atoms with Gasteiger partial charge in [-0.1, -0.05) is 89.9 Å². The van der Waals surface area contributed by atoms with Crippen molar-refractivity contribution in [2.24, 2.45) is 17.6 Å². The molecule has 0 radical (unpaired) electrons. The molecule has 2 atom stereocenters. The molecule has 1 rings (SSSR count). The van der Waals surface area contributed by atoms with Gasteiger partial charge in [0.25, 0.3) is 0 Å². The molecule has 0 aliphatic heterocycles. The van der Waals surface area contributed by atoms with Crippen LogP contribution in [0.3, 0.4) is 0 Å². The Morgan fingerprint density at radius 2 is 0.932 bits per heavy atom. The fourth-order valence-corrected chi connectivity index (χ4v) is 8.45. The van der Waals surface area contributed by atoms with E-state index in [4.69, 9.17) is 29.8 Å². The summed E-state index contributed by atoms with van der Waals surface area (Å²) in [7, 11) is 1.67. The molecule has 0 saturated heterocycles. The molecule has 21 heteroatoms. The molecule has 1 aliphatic carbocycles. The van der Waals surface area contributed by atoms with Crippen molar-refractivity contribution in [3.63, 3.8) is 0 Å². The molecule has 1 aliphatic rings. The Bertz CT molecular complexity index is 1520. The molecular weight excluding hydrogens is 947 g/mol. The van der Waals surface area contributed by atoms with E-state index in [-0.39, 0.29) is 133 Å². The quantitative estimate of drug-likeness (QED) is 0.0389. The van der Waals surface area contributed by atoms with Gasteiger partial charge in [-0.05, 0) is 77.2 Å². The van der Waals surface area contributed by atoms with Crippen LogP contribution in [-0.2, 0) is 57.3 Å². The van der Waals surface area contributed by atoms with Crippen molar-refractivity contribution in [3.05, 3.63) is 0 Å². The first-order valence-electron chi connectivity index (χ1n) is 27.4. The molecule has 6 amide bonds. The Morgan fingerprint density at radius 3 is 1.41 bits per heavy atom. The summed E-state index contributed by atoms with van der Waals surface area (Å²) in [5.41, 5.74) is 5.28. The molecule has 0 aromatic carbocycles. The Labute approximate surface area is 434 Å². The van der Waals surface area contributed by atoms with Crippen LogP contribution in [-0.4, -0.2) is 156 Å². The highest BCUT2D eigenvalue weighted by molar-refractivity contribution is 5.86. The highest BCUT2D eigenvalue weighted by Crippen LogP contribution is 2.29. The average molecular weight is 1040 g/mol. The smallest absolute Gasteiger partial charge is 0.326 e. The van der Waals surface area contributed by atoms with E-state index in [1.807, 2.05) is 0 Å². The van der Waals surface area contributed by atoms with E-state index in [1.54, 1.807) is 7.05 Å². The zero-order valence-electron chi connectivity index (χ0n) is 44.3. The summed E-state index contributed by atoms with van der Waals surface area (Å²) in [6, 6.07) is -1.57. The lowest BCUT2D eigenvalue weighted by Crippen LogP contribution is -2.45. The van der Waals surface area contributed by atoms with Gasteiger partial charge in [-0.2, -0.15) is 0 Å². The van der Waals surface area contributed by atoms with Gasteiger partial charge in [0, 0.05) is 51.4 Å². The number of nitrogens with one attached hydrogen (secondary N) is 6. The summed E-state index contributed by atoms with van der Waals surface area (Å²) in [6.07, 6.45) is 24.2. The van der Waals surface area contributed by atoms with Crippen LogP contribution < -0.4 is 37.6 Å². The molecule has 0 unspecified atom stereocenters. The number of primary amides is 1. The third-order valence-electron chi connectivity index (χ3n) is 12.9. The number of likely N-dealkylation sites (N-methyl/N-ethyl adjacent to an activating group) is 1. The third-order valence-corrected chi connectivity index (χ3v) is 12.9. The predicted octanol–water partition coefficient (Wildman–Crippen LogP) is 4.02. The first kappa shape index (κ1) is 66.6. The molecule has 0 heterocycles. The monoisotopic (exact) mass is 1040 g/mol. The van der Waals surface area contributed by atoms with Gasteiger partial charge in [0.1, 0.15) is 19.3 Å². The second-order valence-corrected chi connectivity index (χ2v) is 19.1. The van der Waals surface area contributed by atoms with Crippen LogP contribution in [0.15, 0.2) is 0 Å². The van der Waals surface area contributed by atoms with E-state index in [9.17, 15) is 43.5 Å². The Balaban J connectivity index is 1.97. The molecule has 0 bridgehead atoms. The minimum absolute atomic E-state index is 0.0580. The van der Waals surface area contributed by atoms with Gasteiger partial charge in [-0.3, -0.25) is 33.6 Å². The van der Waals surface area contributed by atoms with Crippen LogP contribution in [0.4, 0.5) is 0 Å². The van der Waals surface area contributed by atoms with E-state index in [0.717, 1.165) is 57.8 Å². The number of hydrogen-bond acceptors (Lipinski definition) is 13. The number of hydrogen-bond donors (Lipinski definition) is 9. The van der Waals surface area contributed by atoms with Crippen molar-refractivity contribution in [1.29, 1.82) is 0 Å². The fraction of sp³-hybridized carbons (Fsp3) is 0.846. The lowest BCUT2D eigenvalue weighted by molar-refractivity contribution is -0.143. The molecule has 0 spiro atoms. The number of carbonyl (C=O) groups excluding carboxylic acids is 6. The minimum Gasteiger partial charge on any atom is -0.481 e. The van der Waals surface area contributed by atoms with Gasteiger partial charge in [0.15, 0.2) is 0 Å². The first-order chi connectivity index (χ1) is 35.3. The number of carbonyl (C=O) groups is 8. The lowest BCUT2D eigenvalue weighted by Gasteiger charge is -2.28. The molecule has 0 aromatic heterocycles. The summed E-state index contributed by atoms with van der Waals surface area (Å²) in [5.74, 6) is -3.54. The maximum absolute atomic E-state index is 13.0. The van der Waals surface area contributed by atoms with Gasteiger partial charge < -0.3 is 66.8 Å². The fourth-order valence-electron chi connectivity index (χ4n) is 8.45. The highest BCUT2D eigenvalue weighted by Gasteiger charge is 2.30. The van der Waals surface area contributed by atoms with E-state index in [2.05, 4.69) is 31.9 Å². The van der Waals surface area contributed by atoms with E-state index in [1.165, 1.54) is 64.2 Å². The van der Waals surface area contributed by atoms with Gasteiger partial charge in [-0.15, -0.1) is 0 Å². The van der Waals surface area contributed by atoms with Crippen molar-refractivity contribution in [2.45, 2.75) is 185 Å². The highest BCUT2D eigenvalue weighted by atomic mass is 16.5. The van der Waals surface area contributed by atoms with Crippen LogP contribution in [0.25, 0.3) is 0 Å². The normalized spacial score (nSPS) is 15.2. The SMILES string of the molecule is CN[C@@H](CCCCNC(=O)COCCOCCNC(=O)COCCOCCNC(=O)CC[C@H](NC(=O)[C@H]1CC[C@H](CNC(=O)CCCCCCCCCCCCCCCCCCC(=O)O)CC1)C(=O)O)C(N)=O. The van der Waals surface area contributed by atoms with Gasteiger partial charge in [0.2, 0.25) is 35.4 Å². The van der Waals surface area contributed by atoms with Gasteiger partial charge >= 0.3 is 11.9 Å². The van der Waals surface area contributed by atoms with Crippen LogP contribution >= 0.6 is 0 Å². The second kappa shape index (κ2) is 46.1. The molecule has 0 aromatic rings. The molecule has 1 saturated carbocycles. The van der Waals surface area contributed by atoms with Crippen molar-refractivity contribution < 1.29 is 67.5 Å². The first-order valence-corrected chi connectivity index (χ1v) is 27.4. The number of unbranched alkanes of at least 4 members (excludes halogenated alkanes) is 16. The van der Waals surface area contributed by atoms with Crippen LogP contribution in [0.1, 0.15) is 173 Å². The minimum atomic E-state index is -1.20. The largest absolute Gasteiger partial charge is 0.481 e. The molecular formula is C52H95N7O14. The number of rotatable bonds is 50. The molecule has 73 heavy (non-hydrogen) atoms. The van der Waals surface area contributed by atoms with E-state index in [0.29, 0.717) is 45.2 Å². The standard InChI is InChI=1S/C52H95N7O14/c1-54-43(50(53)66)20-18-19-29-55-47(62)39-72-36-35-71-33-31-57-48(63)40-73-37-34-70-32-30-56-46(61)28-27-44(52(68)69)59-51(67)42-25-23-41(24-26-42)38-58-45(60)21-16-14-12-10-8-6-4-2-3-5-7-9-11-13-15-17-22-49(64)65/h41-44,54H,2-40H2,1H3,(H2,53,66)(H,55,62)(H,56,61)(H,57,63)(H,58,60)(H,59,67)(H,64,65)(H,68,69)/t41-,42-,43-,44-/m0/s1. The van der Waals surface area contributed by atoms with Crippen LogP contribution in [0.2, 0.25) is 0 Å². The maximum Gasteiger partial charge on any atom is 0.326 e. The predicted molar refractivity (Wildman–Crippen MR) is 276 cm³/mol. The van der Waals surface area contributed by atoms with Gasteiger partial charge in [0.05, 0.1) is 45.7 Å². The Kier molecular flexibility index (Phi) is 42.1. The Hall–Kier alpha value is -4.44. The molecule has 1 fully saturated rings. The molecule has 422 valence electrons. The zero-order valence-corrected chi connectivity index (χ0v) is 44.3. The summed E-state index contributed by atoms with van der Waals surface area (Å²) in [5, 5.41) is 35.0. The average Bonchev–Trinajstić information content (AvgIpc) is 3.36. The van der Waals surface area contributed by atoms with E-state index < -0.39 is 23.9 Å². The summed E-state index contributed by atoms with van der Waals surface area (Å²) in [6.45, 7) is 2.47. The van der Waals surface area contributed by atoms with Crippen molar-refractivity contribution in [3.8, 4) is 0 Å². The number of amides is 6. The van der Waals surface area contributed by atoms with Gasteiger partial charge in [-0.25, -0.2) is 4.79 Å². The topological polar surface area (TPSA) is 312 Å². The van der Waals surface area contributed by atoms with Crippen molar-refractivity contribution >= 4 is 47.4 Å². The lowest BCUT2D eigenvalue weighted by atomic mass is 9.81. The maximum atomic E-state index is 13.0. The molecule has 21 nitrogen and oxygen atoms in total. The van der Waals surface area contributed by atoms with Crippen LogP contribution in [0.5, 0.6) is 0 Å². The number of carboxylic acids is 2. The summed E-state index contributed by atoms with van der Waals surface area (Å²) in [4.78, 5) is 95.3. The van der Waals surface area contributed by atoms with Crippen molar-refractivity contribution in [1.82, 2.24) is 31.9 Å². The number of carboxylic acid groups (broad SMARTS) is 2. The zero-order chi connectivity index (χ0) is 53.6. The summed E-state index contributed by atoms with van der Waals surface area (Å²) < 4.78 is 21.4. The number of aliphatic carboxylic acids is 2. The number of nitrogens with two attached hydrogens (primary N) is 1. The third kappa shape index (κ3) is 40.6.